The number of rotatable bonds is 5. The number of para-hydroxylation sites is 1. The van der Waals surface area contributed by atoms with Gasteiger partial charge in [0.2, 0.25) is 5.91 Å². The predicted molar refractivity (Wildman–Crippen MR) is 128 cm³/mol. The van der Waals surface area contributed by atoms with Gasteiger partial charge in [0.05, 0.1) is 0 Å². The lowest BCUT2D eigenvalue weighted by Crippen LogP contribution is -2.51. The van der Waals surface area contributed by atoms with Gasteiger partial charge in [-0.1, -0.05) is 60.7 Å². The minimum atomic E-state index is -0.0702. The highest BCUT2D eigenvalue weighted by atomic mass is 16.2. The quantitative estimate of drug-likeness (QED) is 0.576. The van der Waals surface area contributed by atoms with Crippen LogP contribution in [0.2, 0.25) is 0 Å². The number of carbonyl (C=O) groups is 3. The van der Waals surface area contributed by atoms with Crippen molar-refractivity contribution >= 4 is 34.2 Å². The number of Topliss-reactive ketones (excluding diaryl/α,β-unsaturated/α-hetero) is 1. The third-order valence-electron chi connectivity index (χ3n) is 6.77. The Morgan fingerprint density at radius 1 is 0.879 bits per heavy atom. The predicted octanol–water partition coefficient (Wildman–Crippen LogP) is 4.84. The third-order valence-corrected chi connectivity index (χ3v) is 6.77. The van der Waals surface area contributed by atoms with E-state index in [9.17, 15) is 14.4 Å². The molecule has 1 fully saturated rings. The number of amides is 3. The zero-order chi connectivity index (χ0) is 22.8. The van der Waals surface area contributed by atoms with Crippen molar-refractivity contribution in [3.8, 4) is 0 Å². The van der Waals surface area contributed by atoms with E-state index < -0.39 is 0 Å². The molecule has 1 N–H and O–H groups in total. The van der Waals surface area contributed by atoms with Gasteiger partial charge >= 0.3 is 6.03 Å². The number of nitrogens with zero attached hydrogens (tertiary/aromatic N) is 2. The summed E-state index contributed by atoms with van der Waals surface area (Å²) in [7, 11) is 0. The monoisotopic (exact) mass is 441 g/mol. The molecule has 0 spiro atoms. The SMILES string of the molecule is O=C(CCC(=O)N1CCC(N2Cc3ccccc3NC2=O)CC1)c1cccc2ccccc12. The largest absolute Gasteiger partial charge is 0.343 e. The van der Waals surface area contributed by atoms with E-state index in [4.69, 9.17) is 0 Å². The molecule has 2 aliphatic rings. The number of fused-ring (bicyclic) bond motifs is 2. The highest BCUT2D eigenvalue weighted by molar-refractivity contribution is 6.08. The van der Waals surface area contributed by atoms with E-state index in [2.05, 4.69) is 5.32 Å². The fourth-order valence-electron chi connectivity index (χ4n) is 4.93. The van der Waals surface area contributed by atoms with Crippen molar-refractivity contribution < 1.29 is 14.4 Å². The molecule has 0 aliphatic carbocycles. The molecule has 33 heavy (non-hydrogen) atoms. The second-order valence-corrected chi connectivity index (χ2v) is 8.78. The van der Waals surface area contributed by atoms with Crippen LogP contribution in [0.1, 0.15) is 41.6 Å². The molecular formula is C27H27N3O3. The van der Waals surface area contributed by atoms with Gasteiger partial charge in [0.1, 0.15) is 0 Å². The number of urea groups is 1. The zero-order valence-corrected chi connectivity index (χ0v) is 18.5. The van der Waals surface area contributed by atoms with Crippen LogP contribution < -0.4 is 5.32 Å². The van der Waals surface area contributed by atoms with E-state index >= 15 is 0 Å². The summed E-state index contributed by atoms with van der Waals surface area (Å²) in [5.74, 6) is 0.00849. The van der Waals surface area contributed by atoms with Crippen LogP contribution >= 0.6 is 0 Å². The summed E-state index contributed by atoms with van der Waals surface area (Å²) in [6, 6.07) is 21.4. The molecule has 2 aliphatic heterocycles. The molecule has 0 unspecified atom stereocenters. The Kier molecular flexibility index (Phi) is 5.82. The summed E-state index contributed by atoms with van der Waals surface area (Å²) in [5, 5.41) is 4.93. The van der Waals surface area contributed by atoms with E-state index in [0.29, 0.717) is 25.2 Å². The number of anilines is 1. The fraction of sp³-hybridized carbons (Fsp3) is 0.296. The van der Waals surface area contributed by atoms with Crippen molar-refractivity contribution in [3.05, 3.63) is 77.9 Å². The van der Waals surface area contributed by atoms with E-state index in [1.54, 1.807) is 0 Å². The van der Waals surface area contributed by atoms with Gasteiger partial charge in [-0.15, -0.1) is 0 Å². The Morgan fingerprint density at radius 3 is 2.45 bits per heavy atom. The molecule has 6 nitrogen and oxygen atoms in total. The molecule has 2 heterocycles. The molecule has 1 saturated heterocycles. The molecule has 0 saturated carbocycles. The lowest BCUT2D eigenvalue weighted by atomic mass is 9.98. The van der Waals surface area contributed by atoms with Crippen molar-refractivity contribution in [1.82, 2.24) is 9.80 Å². The number of ketones is 1. The van der Waals surface area contributed by atoms with Gasteiger partial charge in [0, 0.05) is 49.8 Å². The lowest BCUT2D eigenvalue weighted by molar-refractivity contribution is -0.132. The van der Waals surface area contributed by atoms with Crippen molar-refractivity contribution in [2.24, 2.45) is 0 Å². The molecule has 5 rings (SSSR count). The summed E-state index contributed by atoms with van der Waals surface area (Å²) in [4.78, 5) is 41.9. The number of likely N-dealkylation sites (tertiary alicyclic amines) is 1. The first-order valence-corrected chi connectivity index (χ1v) is 11.5. The smallest absolute Gasteiger partial charge is 0.322 e. The maximum Gasteiger partial charge on any atom is 0.322 e. The lowest BCUT2D eigenvalue weighted by Gasteiger charge is -2.40. The standard InChI is InChI=1S/C27H27N3O3/c31-25(23-10-5-8-19-6-1-3-9-22(19)23)12-13-26(32)29-16-14-21(15-17-29)30-18-20-7-2-4-11-24(20)28-27(30)33/h1-11,21H,12-18H2,(H,28,33). The number of hydrogen-bond donors (Lipinski definition) is 1. The highest BCUT2D eigenvalue weighted by Gasteiger charge is 2.32. The van der Waals surface area contributed by atoms with Crippen LogP contribution in [0.3, 0.4) is 0 Å². The van der Waals surface area contributed by atoms with E-state index in [-0.39, 0.29) is 36.6 Å². The Balaban J connectivity index is 1.15. The topological polar surface area (TPSA) is 69.7 Å². The summed E-state index contributed by atoms with van der Waals surface area (Å²) in [6.07, 6.45) is 1.92. The van der Waals surface area contributed by atoms with Gasteiger partial charge < -0.3 is 15.1 Å². The van der Waals surface area contributed by atoms with Crippen molar-refractivity contribution in [3.63, 3.8) is 0 Å². The van der Waals surface area contributed by atoms with Gasteiger partial charge in [0.25, 0.3) is 0 Å². The van der Waals surface area contributed by atoms with Crippen LogP contribution in [-0.2, 0) is 11.3 Å². The fourth-order valence-corrected chi connectivity index (χ4v) is 4.93. The number of hydrogen-bond acceptors (Lipinski definition) is 3. The van der Waals surface area contributed by atoms with E-state index in [1.165, 1.54) is 0 Å². The first kappa shape index (κ1) is 21.2. The molecule has 0 aromatic heterocycles. The Morgan fingerprint density at radius 2 is 1.61 bits per heavy atom. The average molecular weight is 442 g/mol. The van der Waals surface area contributed by atoms with Crippen LogP contribution in [0.4, 0.5) is 10.5 Å². The molecule has 168 valence electrons. The normalized spacial score (nSPS) is 16.4. The molecule has 3 aromatic rings. The van der Waals surface area contributed by atoms with Gasteiger partial charge in [-0.2, -0.15) is 0 Å². The van der Waals surface area contributed by atoms with Crippen LogP contribution in [0.5, 0.6) is 0 Å². The van der Waals surface area contributed by atoms with Crippen molar-refractivity contribution in [1.29, 1.82) is 0 Å². The Labute approximate surface area is 193 Å². The van der Waals surface area contributed by atoms with Crippen LogP contribution in [-0.4, -0.2) is 46.7 Å². The van der Waals surface area contributed by atoms with Gasteiger partial charge in [-0.25, -0.2) is 4.79 Å². The molecule has 3 aromatic carbocycles. The van der Waals surface area contributed by atoms with Gasteiger partial charge in [0.15, 0.2) is 5.78 Å². The Hall–Kier alpha value is -3.67. The molecule has 6 heteroatoms. The van der Waals surface area contributed by atoms with Gasteiger partial charge in [-0.05, 0) is 35.2 Å². The number of benzene rings is 3. The molecule has 3 amide bonds. The maximum absolute atomic E-state index is 12.8. The zero-order valence-electron chi connectivity index (χ0n) is 18.5. The van der Waals surface area contributed by atoms with Crippen LogP contribution in [0.25, 0.3) is 10.8 Å². The first-order chi connectivity index (χ1) is 16.1. The van der Waals surface area contributed by atoms with Crippen molar-refractivity contribution in [2.45, 2.75) is 38.3 Å². The second kappa shape index (κ2) is 9.06. The number of carbonyl (C=O) groups excluding carboxylic acids is 3. The molecule has 0 bridgehead atoms. The summed E-state index contributed by atoms with van der Waals surface area (Å²) >= 11 is 0. The van der Waals surface area contributed by atoms with Crippen LogP contribution in [0.15, 0.2) is 66.7 Å². The maximum atomic E-state index is 12.8. The summed E-state index contributed by atoms with van der Waals surface area (Å²) < 4.78 is 0. The van der Waals surface area contributed by atoms with E-state index in [1.807, 2.05) is 76.5 Å². The minimum absolute atomic E-state index is 0.00121. The van der Waals surface area contributed by atoms with Crippen molar-refractivity contribution in [2.75, 3.05) is 18.4 Å². The summed E-state index contributed by atoms with van der Waals surface area (Å²) in [6.45, 7) is 1.81. The van der Waals surface area contributed by atoms with Crippen LogP contribution in [0, 0.1) is 0 Å². The summed E-state index contributed by atoms with van der Waals surface area (Å²) in [5.41, 5.74) is 2.67. The molecular weight excluding hydrogens is 414 g/mol. The molecule has 0 atom stereocenters. The minimum Gasteiger partial charge on any atom is -0.343 e. The van der Waals surface area contributed by atoms with Gasteiger partial charge in [-0.3, -0.25) is 9.59 Å². The second-order valence-electron chi connectivity index (χ2n) is 8.78. The average Bonchev–Trinajstić information content (AvgIpc) is 2.86. The highest BCUT2D eigenvalue weighted by Crippen LogP contribution is 2.28. The third kappa shape index (κ3) is 4.33. The Bertz CT molecular complexity index is 1210. The first-order valence-electron chi connectivity index (χ1n) is 11.5. The number of piperidine rings is 1. The molecule has 0 radical (unpaired) electrons. The number of nitrogens with one attached hydrogen (secondary N) is 1. The van der Waals surface area contributed by atoms with E-state index in [0.717, 1.165) is 34.9 Å².